The summed E-state index contributed by atoms with van der Waals surface area (Å²) < 4.78 is 43.4. The molecule has 0 atom stereocenters. The Bertz CT molecular complexity index is 696. The molecular weight excluding hydrogens is 317 g/mol. The summed E-state index contributed by atoms with van der Waals surface area (Å²) in [5, 5.41) is 1.63. The van der Waals surface area contributed by atoms with Crippen LogP contribution >= 0.6 is 11.3 Å². The van der Waals surface area contributed by atoms with Crippen LogP contribution in [-0.2, 0) is 26.2 Å². The Balaban J connectivity index is 1.81. The third-order valence-corrected chi connectivity index (χ3v) is 5.28. The van der Waals surface area contributed by atoms with Gasteiger partial charge in [0, 0.05) is 0 Å². The highest BCUT2D eigenvalue weighted by molar-refractivity contribution is 7.91. The average molecular weight is 329 g/mol. The number of halogens is 1. The van der Waals surface area contributed by atoms with Gasteiger partial charge in [-0.05, 0) is 29.1 Å². The number of benzene rings is 1. The van der Waals surface area contributed by atoms with Crippen LogP contribution in [-0.4, -0.2) is 20.9 Å². The Labute approximate surface area is 125 Å². The summed E-state index contributed by atoms with van der Waals surface area (Å²) in [6, 6.07) is 8.52. The Morgan fingerprint density at radius 3 is 2.57 bits per heavy atom. The lowest BCUT2D eigenvalue weighted by Crippen LogP contribution is -2.30. The van der Waals surface area contributed by atoms with Crippen molar-refractivity contribution in [3.05, 3.63) is 53.2 Å². The summed E-state index contributed by atoms with van der Waals surface area (Å²) in [7, 11) is -3.68. The first-order valence-electron chi connectivity index (χ1n) is 5.90. The lowest BCUT2D eigenvalue weighted by molar-refractivity contribution is -0.143. The molecule has 21 heavy (non-hydrogen) atoms. The zero-order chi connectivity index (χ0) is 15.3. The number of ether oxygens (including phenoxy) is 1. The van der Waals surface area contributed by atoms with Crippen molar-refractivity contribution in [1.82, 2.24) is 4.72 Å². The molecule has 1 aromatic carbocycles. The molecule has 8 heteroatoms. The summed E-state index contributed by atoms with van der Waals surface area (Å²) in [5.41, 5.74) is 0.617. The highest BCUT2D eigenvalue weighted by Gasteiger charge is 2.16. The Morgan fingerprint density at radius 2 is 1.95 bits per heavy atom. The second-order valence-electron chi connectivity index (χ2n) is 4.04. The molecule has 0 saturated carbocycles. The number of thiophene rings is 1. The molecule has 0 unspecified atom stereocenters. The van der Waals surface area contributed by atoms with Gasteiger partial charge in [0.1, 0.15) is 23.2 Å². The van der Waals surface area contributed by atoms with Crippen molar-refractivity contribution in [2.75, 3.05) is 6.54 Å². The summed E-state index contributed by atoms with van der Waals surface area (Å²) >= 11 is 1.06. The van der Waals surface area contributed by atoms with Crippen molar-refractivity contribution in [3.8, 4) is 0 Å². The maximum absolute atomic E-state index is 12.7. The fourth-order valence-electron chi connectivity index (χ4n) is 1.44. The maximum atomic E-state index is 12.7. The number of hydrogen-bond acceptors (Lipinski definition) is 5. The van der Waals surface area contributed by atoms with Crippen LogP contribution in [0.3, 0.4) is 0 Å². The van der Waals surface area contributed by atoms with E-state index < -0.39 is 22.5 Å². The lowest BCUT2D eigenvalue weighted by Gasteiger charge is -2.06. The molecule has 1 heterocycles. The molecule has 0 bridgehead atoms. The van der Waals surface area contributed by atoms with Gasteiger partial charge in [-0.1, -0.05) is 18.2 Å². The zero-order valence-electron chi connectivity index (χ0n) is 10.8. The van der Waals surface area contributed by atoms with Crippen molar-refractivity contribution in [1.29, 1.82) is 0 Å². The Kier molecular flexibility index (Phi) is 5.05. The van der Waals surface area contributed by atoms with E-state index in [-0.39, 0.29) is 16.6 Å². The van der Waals surface area contributed by atoms with Gasteiger partial charge in [-0.3, -0.25) is 4.79 Å². The molecule has 0 spiro atoms. The van der Waals surface area contributed by atoms with Crippen LogP contribution in [0.2, 0.25) is 0 Å². The summed E-state index contributed by atoms with van der Waals surface area (Å²) in [6.07, 6.45) is 0. The van der Waals surface area contributed by atoms with Crippen molar-refractivity contribution >= 4 is 27.3 Å². The van der Waals surface area contributed by atoms with Crippen LogP contribution < -0.4 is 4.72 Å². The highest BCUT2D eigenvalue weighted by Crippen LogP contribution is 2.14. The molecule has 2 aromatic rings. The average Bonchev–Trinajstić information content (AvgIpc) is 3.00. The molecule has 0 aliphatic carbocycles. The SMILES string of the molecule is O=C(CNS(=O)(=O)c1cccs1)OCc1ccc(F)cc1. The van der Waals surface area contributed by atoms with Gasteiger partial charge >= 0.3 is 5.97 Å². The standard InChI is InChI=1S/C13H12FNO4S2/c14-11-5-3-10(4-6-11)9-19-12(16)8-15-21(17,18)13-2-1-7-20-13/h1-7,15H,8-9H2. The van der Waals surface area contributed by atoms with Crippen LogP contribution in [0.5, 0.6) is 0 Å². The minimum atomic E-state index is -3.68. The second kappa shape index (κ2) is 6.79. The van der Waals surface area contributed by atoms with Crippen LogP contribution in [0.4, 0.5) is 4.39 Å². The first-order chi connectivity index (χ1) is 9.97. The maximum Gasteiger partial charge on any atom is 0.321 e. The quantitative estimate of drug-likeness (QED) is 0.822. The Hall–Kier alpha value is -1.77. The molecule has 1 N–H and O–H groups in total. The van der Waals surface area contributed by atoms with Gasteiger partial charge in [-0.15, -0.1) is 11.3 Å². The van der Waals surface area contributed by atoms with Crippen LogP contribution in [0.1, 0.15) is 5.56 Å². The number of esters is 1. The largest absolute Gasteiger partial charge is 0.460 e. The monoisotopic (exact) mass is 329 g/mol. The predicted octanol–water partition coefficient (Wildman–Crippen LogP) is 1.91. The molecule has 0 amide bonds. The first kappa shape index (κ1) is 15.6. The minimum Gasteiger partial charge on any atom is -0.460 e. The molecule has 0 aliphatic heterocycles. The smallest absolute Gasteiger partial charge is 0.321 e. The number of nitrogens with one attached hydrogen (secondary N) is 1. The van der Waals surface area contributed by atoms with E-state index in [1.54, 1.807) is 11.4 Å². The predicted molar refractivity (Wildman–Crippen MR) is 75.7 cm³/mol. The molecule has 1 aromatic heterocycles. The lowest BCUT2D eigenvalue weighted by atomic mass is 10.2. The van der Waals surface area contributed by atoms with Crippen molar-refractivity contribution in [2.45, 2.75) is 10.8 Å². The van der Waals surface area contributed by atoms with Crippen molar-refractivity contribution in [3.63, 3.8) is 0 Å². The van der Waals surface area contributed by atoms with Gasteiger partial charge < -0.3 is 4.74 Å². The molecular formula is C13H12FNO4S2. The van der Waals surface area contributed by atoms with Gasteiger partial charge in [0.25, 0.3) is 10.0 Å². The van der Waals surface area contributed by atoms with Crippen LogP contribution in [0.15, 0.2) is 46.0 Å². The van der Waals surface area contributed by atoms with Crippen molar-refractivity contribution < 1.29 is 22.3 Å². The van der Waals surface area contributed by atoms with E-state index in [9.17, 15) is 17.6 Å². The molecule has 112 valence electrons. The van der Waals surface area contributed by atoms with Gasteiger partial charge in [0.2, 0.25) is 0 Å². The summed E-state index contributed by atoms with van der Waals surface area (Å²) in [4.78, 5) is 11.5. The van der Waals surface area contributed by atoms with E-state index in [0.717, 1.165) is 11.3 Å². The van der Waals surface area contributed by atoms with E-state index in [2.05, 4.69) is 4.72 Å². The zero-order valence-corrected chi connectivity index (χ0v) is 12.4. The van der Waals surface area contributed by atoms with E-state index in [1.165, 1.54) is 30.3 Å². The normalized spacial score (nSPS) is 11.3. The number of hydrogen-bond donors (Lipinski definition) is 1. The number of carbonyl (C=O) groups excluding carboxylic acids is 1. The minimum absolute atomic E-state index is 0.0418. The first-order valence-corrected chi connectivity index (χ1v) is 8.27. The van der Waals surface area contributed by atoms with Gasteiger partial charge in [0.05, 0.1) is 0 Å². The third-order valence-electron chi connectivity index (χ3n) is 2.48. The molecule has 0 saturated heterocycles. The number of sulfonamides is 1. The molecule has 0 radical (unpaired) electrons. The van der Waals surface area contributed by atoms with Gasteiger partial charge in [-0.25, -0.2) is 12.8 Å². The summed E-state index contributed by atoms with van der Waals surface area (Å²) in [6.45, 7) is -0.499. The highest BCUT2D eigenvalue weighted by atomic mass is 32.2. The molecule has 2 rings (SSSR count). The van der Waals surface area contributed by atoms with E-state index >= 15 is 0 Å². The molecule has 0 aliphatic rings. The van der Waals surface area contributed by atoms with E-state index in [4.69, 9.17) is 4.74 Å². The number of carbonyl (C=O) groups is 1. The topological polar surface area (TPSA) is 72.5 Å². The molecule has 0 fully saturated rings. The molecule has 5 nitrogen and oxygen atoms in total. The van der Waals surface area contributed by atoms with Gasteiger partial charge in [0.15, 0.2) is 0 Å². The fraction of sp³-hybridized carbons (Fsp3) is 0.154. The van der Waals surface area contributed by atoms with Gasteiger partial charge in [-0.2, -0.15) is 4.72 Å². The fourth-order valence-corrected chi connectivity index (χ4v) is 3.44. The van der Waals surface area contributed by atoms with E-state index in [0.29, 0.717) is 5.56 Å². The Morgan fingerprint density at radius 1 is 1.24 bits per heavy atom. The second-order valence-corrected chi connectivity index (χ2v) is 6.99. The van der Waals surface area contributed by atoms with Crippen LogP contribution in [0, 0.1) is 5.82 Å². The van der Waals surface area contributed by atoms with E-state index in [1.807, 2.05) is 0 Å². The third kappa shape index (κ3) is 4.62. The van der Waals surface area contributed by atoms with Crippen molar-refractivity contribution in [2.24, 2.45) is 0 Å². The summed E-state index contributed by atoms with van der Waals surface area (Å²) in [5.74, 6) is -1.09. The number of rotatable bonds is 6. The van der Waals surface area contributed by atoms with Crippen LogP contribution in [0.25, 0.3) is 0 Å².